The van der Waals surface area contributed by atoms with E-state index in [1.54, 1.807) is 0 Å². The minimum Gasteiger partial charge on any atom is -0.310 e. The van der Waals surface area contributed by atoms with E-state index in [9.17, 15) is 0 Å². The molecule has 0 radical (unpaired) electrons. The van der Waals surface area contributed by atoms with Crippen molar-refractivity contribution in [3.63, 3.8) is 0 Å². The second-order valence-electron chi connectivity index (χ2n) is 7.43. The summed E-state index contributed by atoms with van der Waals surface area (Å²) in [6.45, 7) is 6.39. The van der Waals surface area contributed by atoms with Gasteiger partial charge >= 0.3 is 0 Å². The zero-order chi connectivity index (χ0) is 19.5. The van der Waals surface area contributed by atoms with Crippen LogP contribution < -0.4 is 4.90 Å². The third-order valence-electron chi connectivity index (χ3n) is 5.03. The molecule has 0 spiro atoms. The standard InChI is InChI=1S/C27H25N/c1-20-10-12-23(13-11-20)24-14-16-25(17-15-24)28(26-8-4-6-21(2)18-26)27-9-5-7-22(3)19-27/h4-19H,1-3H3. The molecular formula is C27H25N. The fraction of sp³-hybridized carbons (Fsp3) is 0.111. The third kappa shape index (κ3) is 3.84. The summed E-state index contributed by atoms with van der Waals surface area (Å²) in [5, 5.41) is 0. The molecule has 1 heteroatoms. The highest BCUT2D eigenvalue weighted by Crippen LogP contribution is 2.36. The molecule has 0 aliphatic carbocycles. The quantitative estimate of drug-likeness (QED) is 0.358. The fourth-order valence-corrected chi connectivity index (χ4v) is 3.53. The summed E-state index contributed by atoms with van der Waals surface area (Å²) in [6.07, 6.45) is 0. The molecule has 28 heavy (non-hydrogen) atoms. The second-order valence-corrected chi connectivity index (χ2v) is 7.43. The summed E-state index contributed by atoms with van der Waals surface area (Å²) in [7, 11) is 0. The van der Waals surface area contributed by atoms with Crippen LogP contribution in [0.15, 0.2) is 97.1 Å². The first-order valence-electron chi connectivity index (χ1n) is 9.71. The van der Waals surface area contributed by atoms with Gasteiger partial charge in [0.2, 0.25) is 0 Å². The lowest BCUT2D eigenvalue weighted by Crippen LogP contribution is -2.10. The van der Waals surface area contributed by atoms with E-state index in [-0.39, 0.29) is 0 Å². The highest BCUT2D eigenvalue weighted by atomic mass is 15.1. The van der Waals surface area contributed by atoms with Crippen molar-refractivity contribution in [2.75, 3.05) is 4.90 Å². The Labute approximate surface area is 167 Å². The molecule has 0 aromatic heterocycles. The van der Waals surface area contributed by atoms with Gasteiger partial charge in [-0.2, -0.15) is 0 Å². The Morgan fingerprint density at radius 1 is 0.429 bits per heavy atom. The summed E-state index contributed by atoms with van der Waals surface area (Å²) in [5.41, 5.74) is 9.78. The van der Waals surface area contributed by atoms with E-state index in [4.69, 9.17) is 0 Å². The molecule has 0 fully saturated rings. The van der Waals surface area contributed by atoms with Crippen molar-refractivity contribution in [3.8, 4) is 11.1 Å². The maximum atomic E-state index is 2.32. The van der Waals surface area contributed by atoms with Crippen LogP contribution in [-0.4, -0.2) is 0 Å². The van der Waals surface area contributed by atoms with Gasteiger partial charge in [0.05, 0.1) is 0 Å². The number of hydrogen-bond donors (Lipinski definition) is 0. The van der Waals surface area contributed by atoms with Crippen LogP contribution in [-0.2, 0) is 0 Å². The molecule has 4 aromatic rings. The third-order valence-corrected chi connectivity index (χ3v) is 5.03. The van der Waals surface area contributed by atoms with Gasteiger partial charge in [-0.15, -0.1) is 0 Å². The Bertz CT molecular complexity index is 1030. The predicted molar refractivity (Wildman–Crippen MR) is 121 cm³/mol. The zero-order valence-electron chi connectivity index (χ0n) is 16.7. The Kier molecular flexibility index (Phi) is 4.99. The van der Waals surface area contributed by atoms with Crippen molar-refractivity contribution >= 4 is 17.1 Å². The Balaban J connectivity index is 1.77. The highest BCUT2D eigenvalue weighted by Gasteiger charge is 2.13. The molecule has 0 amide bonds. The van der Waals surface area contributed by atoms with Gasteiger partial charge in [-0.25, -0.2) is 0 Å². The number of hydrogen-bond acceptors (Lipinski definition) is 1. The van der Waals surface area contributed by atoms with Crippen molar-refractivity contribution in [2.45, 2.75) is 20.8 Å². The lowest BCUT2D eigenvalue weighted by Gasteiger charge is -2.26. The van der Waals surface area contributed by atoms with Crippen LogP contribution in [0.1, 0.15) is 16.7 Å². The van der Waals surface area contributed by atoms with Gasteiger partial charge < -0.3 is 4.90 Å². The van der Waals surface area contributed by atoms with E-state index >= 15 is 0 Å². The summed E-state index contributed by atoms with van der Waals surface area (Å²) in [5.74, 6) is 0. The maximum Gasteiger partial charge on any atom is 0.0464 e. The van der Waals surface area contributed by atoms with Gasteiger partial charge in [-0.05, 0) is 79.4 Å². The van der Waals surface area contributed by atoms with Gasteiger partial charge in [0.25, 0.3) is 0 Å². The lowest BCUT2D eigenvalue weighted by atomic mass is 10.0. The summed E-state index contributed by atoms with van der Waals surface area (Å²) in [4.78, 5) is 2.32. The van der Waals surface area contributed by atoms with E-state index in [0.717, 1.165) is 5.69 Å². The van der Waals surface area contributed by atoms with Crippen LogP contribution in [0, 0.1) is 20.8 Å². The molecule has 0 aliphatic heterocycles. The molecule has 0 aliphatic rings. The van der Waals surface area contributed by atoms with Crippen molar-refractivity contribution in [1.82, 2.24) is 0 Å². The van der Waals surface area contributed by atoms with Crippen molar-refractivity contribution in [3.05, 3.63) is 114 Å². The monoisotopic (exact) mass is 363 g/mol. The molecule has 0 saturated carbocycles. The first kappa shape index (κ1) is 18.1. The molecule has 0 N–H and O–H groups in total. The van der Waals surface area contributed by atoms with Gasteiger partial charge in [-0.1, -0.05) is 66.2 Å². The minimum absolute atomic E-state index is 1.16. The van der Waals surface area contributed by atoms with E-state index in [1.807, 2.05) is 0 Å². The van der Waals surface area contributed by atoms with Crippen molar-refractivity contribution < 1.29 is 0 Å². The summed E-state index contributed by atoms with van der Waals surface area (Å²) < 4.78 is 0. The molecule has 0 heterocycles. The molecule has 0 bridgehead atoms. The number of anilines is 3. The number of aryl methyl sites for hydroxylation is 3. The number of rotatable bonds is 4. The van der Waals surface area contributed by atoms with Crippen LogP contribution in [0.3, 0.4) is 0 Å². The van der Waals surface area contributed by atoms with Crippen LogP contribution >= 0.6 is 0 Å². The van der Waals surface area contributed by atoms with E-state index in [2.05, 4.69) is 123 Å². The SMILES string of the molecule is Cc1ccc(-c2ccc(N(c3cccc(C)c3)c3cccc(C)c3)cc2)cc1. The van der Waals surface area contributed by atoms with E-state index < -0.39 is 0 Å². The Morgan fingerprint density at radius 3 is 1.36 bits per heavy atom. The molecule has 0 unspecified atom stereocenters. The fourth-order valence-electron chi connectivity index (χ4n) is 3.53. The topological polar surface area (TPSA) is 3.24 Å². The number of benzene rings is 4. The molecule has 1 nitrogen and oxygen atoms in total. The first-order chi connectivity index (χ1) is 13.6. The van der Waals surface area contributed by atoms with Crippen molar-refractivity contribution in [1.29, 1.82) is 0 Å². The lowest BCUT2D eigenvalue weighted by molar-refractivity contribution is 1.26. The Hall–Kier alpha value is -3.32. The smallest absolute Gasteiger partial charge is 0.0464 e. The zero-order valence-corrected chi connectivity index (χ0v) is 16.7. The molecular weight excluding hydrogens is 338 g/mol. The minimum atomic E-state index is 1.16. The average molecular weight is 364 g/mol. The van der Waals surface area contributed by atoms with Crippen molar-refractivity contribution in [2.24, 2.45) is 0 Å². The number of nitrogens with zero attached hydrogens (tertiary/aromatic N) is 1. The van der Waals surface area contributed by atoms with Gasteiger partial charge in [-0.3, -0.25) is 0 Å². The summed E-state index contributed by atoms with van der Waals surface area (Å²) in [6, 6.07) is 34.8. The van der Waals surface area contributed by atoms with E-state index in [1.165, 1.54) is 39.2 Å². The Morgan fingerprint density at radius 2 is 0.893 bits per heavy atom. The second kappa shape index (κ2) is 7.74. The van der Waals surface area contributed by atoms with Crippen LogP contribution in [0.2, 0.25) is 0 Å². The van der Waals surface area contributed by atoms with Gasteiger partial charge in [0.15, 0.2) is 0 Å². The molecule has 0 atom stereocenters. The summed E-state index contributed by atoms with van der Waals surface area (Å²) >= 11 is 0. The van der Waals surface area contributed by atoms with Crippen LogP contribution in [0.4, 0.5) is 17.1 Å². The average Bonchev–Trinajstić information content (AvgIpc) is 2.70. The first-order valence-corrected chi connectivity index (χ1v) is 9.71. The van der Waals surface area contributed by atoms with Gasteiger partial charge in [0, 0.05) is 17.1 Å². The molecule has 138 valence electrons. The molecule has 4 aromatic carbocycles. The molecule has 4 rings (SSSR count). The highest BCUT2D eigenvalue weighted by molar-refractivity contribution is 5.78. The largest absolute Gasteiger partial charge is 0.310 e. The van der Waals surface area contributed by atoms with Crippen LogP contribution in [0.5, 0.6) is 0 Å². The molecule has 0 saturated heterocycles. The predicted octanol–water partition coefficient (Wildman–Crippen LogP) is 7.75. The van der Waals surface area contributed by atoms with Crippen LogP contribution in [0.25, 0.3) is 11.1 Å². The normalized spacial score (nSPS) is 10.7. The maximum absolute atomic E-state index is 2.32. The van der Waals surface area contributed by atoms with Gasteiger partial charge in [0.1, 0.15) is 0 Å². The van der Waals surface area contributed by atoms with E-state index in [0.29, 0.717) is 0 Å².